The van der Waals surface area contributed by atoms with E-state index < -0.39 is 0 Å². The Balaban J connectivity index is 2.87. The van der Waals surface area contributed by atoms with Crippen molar-refractivity contribution in [1.82, 2.24) is 15.0 Å². The summed E-state index contributed by atoms with van der Waals surface area (Å²) < 4.78 is 0. The van der Waals surface area contributed by atoms with Gasteiger partial charge in [-0.15, -0.1) is 0 Å². The zero-order chi connectivity index (χ0) is 9.26. The fraction of sp³-hybridized carbons (Fsp3) is 0.111. The van der Waals surface area contributed by atoms with Crippen LogP contribution >= 0.6 is 0 Å². The molecular formula is C9H6N4. The van der Waals surface area contributed by atoms with Crippen LogP contribution < -0.4 is 0 Å². The highest BCUT2D eigenvalue weighted by Crippen LogP contribution is 2.11. The van der Waals surface area contributed by atoms with Crippen molar-refractivity contribution < 1.29 is 0 Å². The second-order valence-electron chi connectivity index (χ2n) is 2.66. The third-order valence-corrected chi connectivity index (χ3v) is 1.74. The Hall–Kier alpha value is -2.02. The quantitative estimate of drug-likeness (QED) is 0.596. The van der Waals surface area contributed by atoms with Gasteiger partial charge in [-0.1, -0.05) is 0 Å². The summed E-state index contributed by atoms with van der Waals surface area (Å²) in [6.07, 6.45) is 1.35. The molecular weight excluding hydrogens is 164 g/mol. The van der Waals surface area contributed by atoms with Crippen molar-refractivity contribution in [3.8, 4) is 6.07 Å². The average molecular weight is 170 g/mol. The largest absolute Gasteiger partial charge is 0.233 e. The molecule has 0 aliphatic heterocycles. The van der Waals surface area contributed by atoms with Gasteiger partial charge >= 0.3 is 0 Å². The molecule has 2 heterocycles. The summed E-state index contributed by atoms with van der Waals surface area (Å²) in [5.74, 6) is 0. The predicted molar refractivity (Wildman–Crippen MR) is 46.8 cm³/mol. The summed E-state index contributed by atoms with van der Waals surface area (Å²) in [4.78, 5) is 12.0. The van der Waals surface area contributed by atoms with Gasteiger partial charge in [-0.3, -0.25) is 0 Å². The summed E-state index contributed by atoms with van der Waals surface area (Å²) in [7, 11) is 0. The van der Waals surface area contributed by atoms with E-state index in [0.717, 1.165) is 5.69 Å². The number of rotatable bonds is 0. The number of hydrogen-bond acceptors (Lipinski definition) is 4. The Morgan fingerprint density at radius 2 is 2.15 bits per heavy atom. The first-order valence-electron chi connectivity index (χ1n) is 3.80. The van der Waals surface area contributed by atoms with Gasteiger partial charge in [0.1, 0.15) is 12.4 Å². The van der Waals surface area contributed by atoms with Crippen molar-refractivity contribution >= 4 is 11.0 Å². The highest BCUT2D eigenvalue weighted by atomic mass is 14.9. The fourth-order valence-electron chi connectivity index (χ4n) is 1.13. The predicted octanol–water partition coefficient (Wildman–Crippen LogP) is 1.20. The van der Waals surface area contributed by atoms with E-state index in [9.17, 15) is 0 Å². The van der Waals surface area contributed by atoms with Crippen LogP contribution in [0.1, 0.15) is 11.4 Å². The summed E-state index contributed by atoms with van der Waals surface area (Å²) in [6, 6.07) is 5.65. The van der Waals surface area contributed by atoms with Crippen LogP contribution in [-0.4, -0.2) is 15.0 Å². The molecule has 0 bridgehead atoms. The molecule has 62 valence electrons. The monoisotopic (exact) mass is 170 g/mol. The van der Waals surface area contributed by atoms with Gasteiger partial charge in [0.2, 0.25) is 0 Å². The van der Waals surface area contributed by atoms with Gasteiger partial charge in [-0.2, -0.15) is 5.26 Å². The number of fused-ring (bicyclic) bond motifs is 1. The molecule has 2 aromatic rings. The van der Waals surface area contributed by atoms with Crippen LogP contribution in [0.3, 0.4) is 0 Å². The highest BCUT2D eigenvalue weighted by Gasteiger charge is 2.02. The molecule has 0 saturated carbocycles. The molecule has 2 aromatic heterocycles. The minimum absolute atomic E-state index is 0.373. The molecule has 0 unspecified atom stereocenters. The van der Waals surface area contributed by atoms with E-state index in [1.807, 2.05) is 25.1 Å². The molecule has 13 heavy (non-hydrogen) atoms. The summed E-state index contributed by atoms with van der Waals surface area (Å²) in [6.45, 7) is 1.88. The second-order valence-corrected chi connectivity index (χ2v) is 2.66. The lowest BCUT2D eigenvalue weighted by atomic mass is 10.2. The summed E-state index contributed by atoms with van der Waals surface area (Å²) >= 11 is 0. The lowest BCUT2D eigenvalue weighted by Crippen LogP contribution is -1.91. The first kappa shape index (κ1) is 7.62. The number of nitrogens with zero attached hydrogens (tertiary/aromatic N) is 4. The molecule has 0 aliphatic rings. The maximum absolute atomic E-state index is 8.74. The molecule has 0 N–H and O–H groups in total. The smallest absolute Gasteiger partial charge is 0.164 e. The number of hydrogen-bond donors (Lipinski definition) is 0. The minimum atomic E-state index is 0.373. The molecule has 4 nitrogen and oxygen atoms in total. The fourth-order valence-corrected chi connectivity index (χ4v) is 1.13. The van der Waals surface area contributed by atoms with Crippen LogP contribution in [0.2, 0.25) is 0 Å². The van der Waals surface area contributed by atoms with E-state index in [0.29, 0.717) is 16.7 Å². The molecule has 0 aliphatic carbocycles. The lowest BCUT2D eigenvalue weighted by Gasteiger charge is -1.97. The van der Waals surface area contributed by atoms with Crippen molar-refractivity contribution in [3.05, 3.63) is 29.8 Å². The van der Waals surface area contributed by atoms with E-state index in [2.05, 4.69) is 15.0 Å². The molecule has 2 rings (SSSR count). The first-order valence-corrected chi connectivity index (χ1v) is 3.80. The van der Waals surface area contributed by atoms with Crippen molar-refractivity contribution in [3.63, 3.8) is 0 Å². The van der Waals surface area contributed by atoms with Gasteiger partial charge in [0.15, 0.2) is 11.3 Å². The van der Waals surface area contributed by atoms with E-state index in [4.69, 9.17) is 5.26 Å². The standard InChI is InChI=1S/C9H6N4/c1-6-2-3-7-8(4-10)11-5-12-9(7)13-6/h2-3,5H,1H3. The zero-order valence-corrected chi connectivity index (χ0v) is 7.02. The van der Waals surface area contributed by atoms with E-state index >= 15 is 0 Å². The highest BCUT2D eigenvalue weighted by molar-refractivity contribution is 5.79. The van der Waals surface area contributed by atoms with Crippen molar-refractivity contribution in [2.24, 2.45) is 0 Å². The SMILES string of the molecule is Cc1ccc2c(C#N)ncnc2n1. The van der Waals surface area contributed by atoms with Gasteiger partial charge in [-0.25, -0.2) is 15.0 Å². The summed E-state index contributed by atoms with van der Waals surface area (Å²) in [5.41, 5.74) is 1.83. The zero-order valence-electron chi connectivity index (χ0n) is 7.02. The van der Waals surface area contributed by atoms with Crippen molar-refractivity contribution in [2.45, 2.75) is 6.92 Å². The van der Waals surface area contributed by atoms with E-state index in [1.165, 1.54) is 6.33 Å². The van der Waals surface area contributed by atoms with Crippen LogP contribution in [0.5, 0.6) is 0 Å². The minimum Gasteiger partial charge on any atom is -0.233 e. The van der Waals surface area contributed by atoms with Crippen LogP contribution in [0, 0.1) is 18.3 Å². The molecule has 4 heteroatoms. The Kier molecular flexibility index (Phi) is 1.64. The van der Waals surface area contributed by atoms with Crippen LogP contribution in [0.15, 0.2) is 18.5 Å². The molecule has 0 fully saturated rings. The number of nitriles is 1. The number of pyridine rings is 1. The first-order chi connectivity index (χ1) is 6.31. The van der Waals surface area contributed by atoms with E-state index in [-0.39, 0.29) is 0 Å². The van der Waals surface area contributed by atoms with Gasteiger partial charge in [0.25, 0.3) is 0 Å². The van der Waals surface area contributed by atoms with Crippen molar-refractivity contribution in [1.29, 1.82) is 5.26 Å². The lowest BCUT2D eigenvalue weighted by molar-refractivity contribution is 1.13. The molecule has 0 amide bonds. The van der Waals surface area contributed by atoms with Crippen LogP contribution in [0.25, 0.3) is 11.0 Å². The molecule has 0 atom stereocenters. The van der Waals surface area contributed by atoms with Gasteiger partial charge < -0.3 is 0 Å². The second kappa shape index (κ2) is 2.79. The molecule has 0 aromatic carbocycles. The number of aromatic nitrogens is 3. The number of aryl methyl sites for hydroxylation is 1. The third-order valence-electron chi connectivity index (χ3n) is 1.74. The van der Waals surface area contributed by atoms with Crippen LogP contribution in [-0.2, 0) is 0 Å². The normalized spacial score (nSPS) is 9.85. The Labute approximate surface area is 74.9 Å². The van der Waals surface area contributed by atoms with Crippen molar-refractivity contribution in [2.75, 3.05) is 0 Å². The van der Waals surface area contributed by atoms with Crippen LogP contribution in [0.4, 0.5) is 0 Å². The van der Waals surface area contributed by atoms with Gasteiger partial charge in [0, 0.05) is 5.69 Å². The molecule has 0 saturated heterocycles. The topological polar surface area (TPSA) is 62.5 Å². The van der Waals surface area contributed by atoms with Gasteiger partial charge in [-0.05, 0) is 19.1 Å². The summed E-state index contributed by atoms with van der Waals surface area (Å²) in [5, 5.41) is 9.44. The Morgan fingerprint density at radius 1 is 1.31 bits per heavy atom. The average Bonchev–Trinajstić information content (AvgIpc) is 2.16. The molecule has 0 radical (unpaired) electrons. The molecule has 0 spiro atoms. The van der Waals surface area contributed by atoms with Gasteiger partial charge in [0.05, 0.1) is 5.39 Å². The van der Waals surface area contributed by atoms with E-state index in [1.54, 1.807) is 0 Å². The Morgan fingerprint density at radius 3 is 2.92 bits per heavy atom. The Bertz CT molecular complexity index is 498. The maximum atomic E-state index is 8.74. The maximum Gasteiger partial charge on any atom is 0.164 e. The third kappa shape index (κ3) is 1.20.